The first-order chi connectivity index (χ1) is 50.8. The van der Waals surface area contributed by atoms with Crippen LogP contribution in [-0.4, -0.2) is 240 Å². The first-order valence-electron chi connectivity index (χ1n) is 35.5. The van der Waals surface area contributed by atoms with Crippen molar-refractivity contribution in [2.75, 3.05) is 103 Å². The zero-order valence-corrected chi connectivity index (χ0v) is 74.9. The number of aliphatic hydroxyl groups is 4. The number of hydrogen-bond donors (Lipinski definition) is 4. The van der Waals surface area contributed by atoms with E-state index < -0.39 is 85.7 Å². The van der Waals surface area contributed by atoms with Crippen LogP contribution in [0.3, 0.4) is 0 Å². The Balaban J connectivity index is -0.00000124. The Bertz CT molecular complexity index is 3270. The van der Waals surface area contributed by atoms with Crippen molar-refractivity contribution in [3.8, 4) is 0 Å². The van der Waals surface area contributed by atoms with Gasteiger partial charge < -0.3 is 94.1 Å². The third-order valence-electron chi connectivity index (χ3n) is 21.0. The van der Waals surface area contributed by atoms with Gasteiger partial charge in [0, 0.05) is 115 Å². The third kappa shape index (κ3) is 32.2. The van der Waals surface area contributed by atoms with E-state index in [2.05, 4.69) is 41.4 Å². The monoisotopic (exact) mass is 1690 g/mol. The van der Waals surface area contributed by atoms with Crippen LogP contribution < -0.4 is 93.8 Å². The SMILES string of the molecule is CC1CC2CC3(CC2C1)OCCO3.CO.COC(=O)C1=[C-]C(C(=O)OC)C2C(C(=O)OC)=C([O-])C(C(=O)OC)C12.COC(=O)CC(=O)CC(=O)OC.Cc1ccc(S(=O)(=O)Cl)cc1.Cl.O=C1CC2CC(=O)CC2C1.O=C1CC2CC3(CC2C1)OCCO3.O=CC=O.OC1CC2CC3(CC2C1)OCCO3.OCCO.[B].[H-].[Na+].[Na+].[Na+].[OH-]. The van der Waals surface area contributed by atoms with Crippen molar-refractivity contribution in [1.82, 2.24) is 0 Å². The molecule has 5 N–H and O–H groups in total. The van der Waals surface area contributed by atoms with Gasteiger partial charge in [0.25, 0.3) is 15.0 Å². The summed E-state index contributed by atoms with van der Waals surface area (Å²) in [4.78, 5) is 131. The molecule has 14 rings (SSSR count). The van der Waals surface area contributed by atoms with Crippen molar-refractivity contribution >= 4 is 112 Å². The maximum Gasteiger partial charge on any atom is 1.00 e. The molecule has 8 saturated carbocycles. The van der Waals surface area contributed by atoms with E-state index in [1.54, 1.807) is 12.1 Å². The van der Waals surface area contributed by atoms with Crippen molar-refractivity contribution in [2.24, 2.45) is 76.9 Å². The number of carbonyl (C=O) groups is 12. The van der Waals surface area contributed by atoms with Crippen molar-refractivity contribution < 1.29 is 244 Å². The van der Waals surface area contributed by atoms with E-state index in [9.17, 15) is 66.6 Å². The normalized spacial score (nSPS) is 27.7. The van der Waals surface area contributed by atoms with Gasteiger partial charge in [-0.1, -0.05) is 24.6 Å². The van der Waals surface area contributed by atoms with E-state index in [4.69, 9.17) is 64.0 Å². The Labute approximate surface area is 739 Å². The molecular weight excluding hydrogens is 1580 g/mol. The van der Waals surface area contributed by atoms with Gasteiger partial charge in [0.1, 0.15) is 30.2 Å². The van der Waals surface area contributed by atoms with Gasteiger partial charge in [-0.3, -0.25) is 47.9 Å². The van der Waals surface area contributed by atoms with Crippen LogP contribution in [-0.2, 0) is 123 Å². The fourth-order valence-electron chi connectivity index (χ4n) is 16.7. The van der Waals surface area contributed by atoms with E-state index in [0.29, 0.717) is 78.5 Å². The summed E-state index contributed by atoms with van der Waals surface area (Å²) in [6.45, 7) is 8.60. The van der Waals surface area contributed by atoms with Crippen molar-refractivity contribution in [3.05, 3.63) is 52.8 Å². The van der Waals surface area contributed by atoms with Gasteiger partial charge in [0.15, 0.2) is 41.7 Å². The van der Waals surface area contributed by atoms with E-state index in [-0.39, 0.29) is 189 Å². The largest absolute Gasteiger partial charge is 1.00 e. The van der Waals surface area contributed by atoms with Crippen LogP contribution in [0.5, 0.6) is 0 Å². The van der Waals surface area contributed by atoms with Crippen LogP contribution in [0.15, 0.2) is 46.1 Å². The zero-order chi connectivity index (χ0) is 79.6. The van der Waals surface area contributed by atoms with E-state index in [1.807, 2.05) is 6.92 Å². The zero-order valence-electron chi connectivity index (χ0n) is 67.5. The van der Waals surface area contributed by atoms with Crippen LogP contribution in [0.1, 0.15) is 129 Å². The Kier molecular flexibility index (Phi) is 53.2. The Morgan fingerprint density at radius 1 is 0.558 bits per heavy atom. The summed E-state index contributed by atoms with van der Waals surface area (Å²) in [6.07, 6.45) is 17.4. The van der Waals surface area contributed by atoms with Crippen LogP contribution in [0.2, 0.25) is 0 Å². The number of aliphatic hydroxyl groups excluding tert-OH is 4. The number of ketones is 4. The number of methoxy groups -OCH3 is 6. The molecule has 3 saturated heterocycles. The Morgan fingerprint density at radius 3 is 1.20 bits per heavy atom. The van der Waals surface area contributed by atoms with Crippen LogP contribution >= 0.6 is 23.1 Å². The van der Waals surface area contributed by atoms with Crippen LogP contribution in [0.25, 0.3) is 0 Å². The predicted octanol–water partition coefficient (Wildman–Crippen LogP) is -5.77. The number of esters is 6. The second kappa shape index (κ2) is 53.9. The smallest absolute Gasteiger partial charge is 1.00 e. The predicted molar refractivity (Wildman–Crippen MR) is 385 cm³/mol. The summed E-state index contributed by atoms with van der Waals surface area (Å²) >= 11 is 0. The molecule has 10 unspecified atom stereocenters. The number of rotatable bonds is 11. The van der Waals surface area contributed by atoms with Gasteiger partial charge in [-0.25, -0.2) is 19.3 Å². The number of fused-ring (bicyclic) bond motifs is 5. The Morgan fingerprint density at radius 2 is 0.894 bits per heavy atom. The molecule has 113 heavy (non-hydrogen) atoms. The Hall–Kier alpha value is -3.51. The molecule has 621 valence electrons. The topological polar surface area (TPSA) is 484 Å². The minimum atomic E-state index is -3.55. The number of carbonyl (C=O) groups excluding carboxylic acids is 12. The summed E-state index contributed by atoms with van der Waals surface area (Å²) in [5.41, 5.74) is 0.435. The molecular formula is C74H106BCl2Na3O32S-. The molecule has 3 radical (unpaired) electrons. The average Bonchev–Trinajstić information content (AvgIpc) is 1.56. The van der Waals surface area contributed by atoms with Gasteiger partial charge in [-0.2, -0.15) is 0 Å². The van der Waals surface area contributed by atoms with E-state index in [1.165, 1.54) is 52.0 Å². The number of halogens is 2. The van der Waals surface area contributed by atoms with Crippen molar-refractivity contribution in [3.63, 3.8) is 0 Å². The quantitative estimate of drug-likeness (QED) is 0.0234. The molecule has 0 amide bonds. The van der Waals surface area contributed by atoms with E-state index >= 15 is 0 Å². The minimum absolute atomic E-state index is 0. The molecule has 3 heterocycles. The molecule has 3 aliphatic heterocycles. The summed E-state index contributed by atoms with van der Waals surface area (Å²) in [7, 11) is 9.23. The fraction of sp³-hybridized carbons (Fsp3) is 0.703. The van der Waals surface area contributed by atoms with Gasteiger partial charge >= 0.3 is 113 Å². The first-order valence-corrected chi connectivity index (χ1v) is 37.8. The standard InChI is InChI=1S/C16H17O9.C11H18O2.C10H16O3.C10H14O3.C8H10O2.C7H7ClO2S.C7H10O5.C2H6O2.C2H2O2.CH4O.B.ClH.3Na.H2O.H/c1-22-13(18)6-5-7(14(19)23-2)9-8(6)10(15(20)24-3)12(17)11(9)16(21)25-4;1-8-4-9-6-11(7-10(9)5-8)12-2-3-13-11;2*11-9-3-7-5-10(6-8(7)4-9)12-1-2-13-10;9-7-1-5-2-8(10)4-6(5)3-7;1-6-2-4-7(5-3-6)11(8,9)10;1-11-6(9)3-5(8)4-7(10)12-2;2*3-1-2-4;1-2;;;;;;;/h6,8-9,11,17H,1-4H3;8-10H,2-7H2,1H3;7-9,11H,1-6H2;7-8H,1-6H2;5-6H,1-4H2;2-5H,1H3;3-4H2,1-2H3;3-4H,1-2H2;1-2H;2H,1H3;;1H;;;;1H2;/q-1;;;;;;;;;;;;3*+1;;-1/p-2. The first kappa shape index (κ1) is 112. The molecule has 13 aliphatic rings. The summed E-state index contributed by atoms with van der Waals surface area (Å²) < 4.78 is 82.5. The number of ether oxygens (including phenoxy) is 12. The van der Waals surface area contributed by atoms with Crippen LogP contribution in [0, 0.1) is 89.9 Å². The number of benzene rings is 1. The van der Waals surface area contributed by atoms with Gasteiger partial charge in [0.05, 0.1) is 112 Å². The molecule has 32 nitrogen and oxygen atoms in total. The van der Waals surface area contributed by atoms with Crippen molar-refractivity contribution in [2.45, 2.75) is 158 Å². The maximum absolute atomic E-state index is 12.6. The van der Waals surface area contributed by atoms with Crippen molar-refractivity contribution in [1.29, 1.82) is 0 Å². The minimum Gasteiger partial charge on any atom is -1.00 e. The van der Waals surface area contributed by atoms with Gasteiger partial charge in [0.2, 0.25) is 0 Å². The number of aryl methyl sites for hydroxylation is 1. The molecule has 39 heteroatoms. The molecule has 3 spiro atoms. The number of Topliss-reactive ketones (excluding diaryl/α,β-unsaturated/α-hetero) is 4. The number of aldehydes is 2. The molecule has 11 fully saturated rings. The summed E-state index contributed by atoms with van der Waals surface area (Å²) in [5.74, 6) is -4.72. The van der Waals surface area contributed by atoms with E-state index in [0.717, 1.165) is 150 Å². The maximum atomic E-state index is 12.6. The molecule has 1 aromatic carbocycles. The molecule has 10 atom stereocenters. The molecule has 1 aromatic rings. The third-order valence-corrected chi connectivity index (χ3v) is 22.4. The average molecular weight is 1690 g/mol. The second-order valence-electron chi connectivity index (χ2n) is 28.1. The molecule has 10 aliphatic carbocycles. The molecule has 0 bridgehead atoms. The van der Waals surface area contributed by atoms with Gasteiger partial charge in [-0.15, -0.1) is 23.7 Å². The second-order valence-corrected chi connectivity index (χ2v) is 30.6. The summed E-state index contributed by atoms with van der Waals surface area (Å²) in [6, 6.07) is 6.37. The van der Waals surface area contributed by atoms with Gasteiger partial charge in [-0.05, 0) is 110 Å². The number of hydrogen-bond acceptors (Lipinski definition) is 32. The fourth-order valence-corrected chi connectivity index (χ4v) is 17.5. The summed E-state index contributed by atoms with van der Waals surface area (Å²) in [5, 5.41) is 44.4. The molecule has 0 aromatic heterocycles. The van der Waals surface area contributed by atoms with Crippen LogP contribution in [0.4, 0.5) is 0 Å².